The van der Waals surface area contributed by atoms with Gasteiger partial charge in [-0.15, -0.1) is 0 Å². The van der Waals surface area contributed by atoms with E-state index in [1.807, 2.05) is 12.1 Å². The molecule has 0 amide bonds. The number of rotatable bonds is 0. The van der Waals surface area contributed by atoms with Crippen molar-refractivity contribution in [2.45, 2.75) is 0 Å². The van der Waals surface area contributed by atoms with Gasteiger partial charge in [-0.3, -0.25) is 0 Å². The molecule has 0 fully saturated rings. The van der Waals surface area contributed by atoms with E-state index >= 15 is 0 Å². The van der Waals surface area contributed by atoms with E-state index in [-0.39, 0.29) is 6.15 Å². The van der Waals surface area contributed by atoms with Gasteiger partial charge >= 0.3 is 0 Å². The van der Waals surface area contributed by atoms with Crippen molar-refractivity contribution >= 4 is 11.4 Å². The Morgan fingerprint density at radius 1 is 0.889 bits per heavy atom. The zero-order valence-electron chi connectivity index (χ0n) is 5.17. The van der Waals surface area contributed by atoms with Crippen molar-refractivity contribution in [3.8, 4) is 0 Å². The van der Waals surface area contributed by atoms with E-state index in [1.165, 1.54) is 0 Å². The zero-order chi connectivity index (χ0) is 5.98. The molecule has 3 nitrogen and oxygen atoms in total. The standard InChI is InChI=1S/C6H8N2.H3N/c7-5-3-1-2-4-6(5)8;/h1-4H,7-8H2;1H3. The Bertz CT molecular complexity index is 164. The predicted octanol–water partition coefficient (Wildman–Crippen LogP) is 1.01. The topological polar surface area (TPSA) is 87.0 Å². The Morgan fingerprint density at radius 3 is 1.44 bits per heavy atom. The van der Waals surface area contributed by atoms with E-state index in [0.717, 1.165) is 0 Å². The van der Waals surface area contributed by atoms with Crippen LogP contribution in [0.15, 0.2) is 24.3 Å². The van der Waals surface area contributed by atoms with Gasteiger partial charge in [-0.2, -0.15) is 0 Å². The summed E-state index contributed by atoms with van der Waals surface area (Å²) in [6, 6.07) is 7.25. The smallest absolute Gasteiger partial charge is 0.0547 e. The SMILES string of the molecule is N.Nc1ccccc1N. The third-order valence-electron chi connectivity index (χ3n) is 0.996. The Labute approximate surface area is 54.2 Å². The third kappa shape index (κ3) is 1.62. The summed E-state index contributed by atoms with van der Waals surface area (Å²) < 4.78 is 0. The maximum atomic E-state index is 5.39. The van der Waals surface area contributed by atoms with Gasteiger partial charge in [-0.25, -0.2) is 0 Å². The molecular formula is C6H11N3. The number of hydrogen-bond acceptors (Lipinski definition) is 3. The molecule has 0 bridgehead atoms. The average Bonchev–Trinajstić information content (AvgIpc) is 1.77. The first-order valence-electron chi connectivity index (χ1n) is 2.40. The second kappa shape index (κ2) is 2.94. The Balaban J connectivity index is 0.000000640. The lowest BCUT2D eigenvalue weighted by Gasteiger charge is -1.94. The lowest BCUT2D eigenvalue weighted by atomic mass is 10.3. The number of nitrogens with two attached hydrogens (primary N) is 2. The monoisotopic (exact) mass is 125 g/mol. The molecule has 50 valence electrons. The second-order valence-corrected chi connectivity index (χ2v) is 1.63. The lowest BCUT2D eigenvalue weighted by molar-refractivity contribution is 1.67. The van der Waals surface area contributed by atoms with Crippen molar-refractivity contribution in [3.63, 3.8) is 0 Å². The molecule has 0 spiro atoms. The molecule has 3 heteroatoms. The number of para-hydroxylation sites is 2. The maximum absolute atomic E-state index is 5.39. The van der Waals surface area contributed by atoms with Crippen LogP contribution in [0.5, 0.6) is 0 Å². The number of anilines is 2. The fraction of sp³-hybridized carbons (Fsp3) is 0. The van der Waals surface area contributed by atoms with Crippen LogP contribution in [0.1, 0.15) is 0 Å². The summed E-state index contributed by atoms with van der Waals surface area (Å²) >= 11 is 0. The van der Waals surface area contributed by atoms with E-state index < -0.39 is 0 Å². The first kappa shape index (κ1) is 7.78. The molecular weight excluding hydrogens is 114 g/mol. The Hall–Kier alpha value is -1.22. The molecule has 0 saturated carbocycles. The molecule has 0 unspecified atom stereocenters. The van der Waals surface area contributed by atoms with Gasteiger partial charge in [0.25, 0.3) is 0 Å². The van der Waals surface area contributed by atoms with Crippen LogP contribution in [0.3, 0.4) is 0 Å². The third-order valence-corrected chi connectivity index (χ3v) is 0.996. The van der Waals surface area contributed by atoms with Crippen LogP contribution in [-0.2, 0) is 0 Å². The van der Waals surface area contributed by atoms with Crippen LogP contribution in [0.25, 0.3) is 0 Å². The number of nitrogen functional groups attached to an aromatic ring is 2. The van der Waals surface area contributed by atoms with E-state index in [9.17, 15) is 0 Å². The summed E-state index contributed by atoms with van der Waals surface area (Å²) in [5.41, 5.74) is 12.1. The molecule has 0 radical (unpaired) electrons. The molecule has 1 aromatic rings. The average molecular weight is 125 g/mol. The van der Waals surface area contributed by atoms with Crippen molar-refractivity contribution in [1.29, 1.82) is 0 Å². The minimum atomic E-state index is 0. The zero-order valence-corrected chi connectivity index (χ0v) is 5.17. The molecule has 1 rings (SSSR count). The largest absolute Gasteiger partial charge is 0.397 e. The number of benzene rings is 1. The summed E-state index contributed by atoms with van der Waals surface area (Å²) in [5.74, 6) is 0. The van der Waals surface area contributed by atoms with Gasteiger partial charge in [-0.1, -0.05) is 12.1 Å². The molecule has 0 aromatic heterocycles. The van der Waals surface area contributed by atoms with E-state index in [2.05, 4.69) is 0 Å². The summed E-state index contributed by atoms with van der Waals surface area (Å²) in [6.07, 6.45) is 0. The molecule has 9 heavy (non-hydrogen) atoms. The van der Waals surface area contributed by atoms with Gasteiger partial charge in [0.1, 0.15) is 0 Å². The lowest BCUT2D eigenvalue weighted by Crippen LogP contribution is -1.91. The fourth-order valence-electron chi connectivity index (χ4n) is 0.511. The summed E-state index contributed by atoms with van der Waals surface area (Å²) in [5, 5.41) is 0. The fourth-order valence-corrected chi connectivity index (χ4v) is 0.511. The summed E-state index contributed by atoms with van der Waals surface area (Å²) in [4.78, 5) is 0. The van der Waals surface area contributed by atoms with Crippen molar-refractivity contribution in [1.82, 2.24) is 6.15 Å². The molecule has 7 N–H and O–H groups in total. The highest BCUT2D eigenvalue weighted by atomic mass is 14.7. The van der Waals surface area contributed by atoms with Crippen molar-refractivity contribution in [2.24, 2.45) is 0 Å². The van der Waals surface area contributed by atoms with Gasteiger partial charge in [0.15, 0.2) is 0 Å². The summed E-state index contributed by atoms with van der Waals surface area (Å²) in [7, 11) is 0. The molecule has 0 heterocycles. The first-order valence-corrected chi connectivity index (χ1v) is 2.40. The van der Waals surface area contributed by atoms with E-state index in [0.29, 0.717) is 11.4 Å². The molecule has 0 atom stereocenters. The molecule has 0 aliphatic heterocycles. The molecule has 0 aliphatic carbocycles. The van der Waals surface area contributed by atoms with Crippen molar-refractivity contribution < 1.29 is 0 Å². The predicted molar refractivity (Wildman–Crippen MR) is 40.3 cm³/mol. The molecule has 1 aromatic carbocycles. The normalized spacial score (nSPS) is 8.00. The Morgan fingerprint density at radius 2 is 1.22 bits per heavy atom. The van der Waals surface area contributed by atoms with Crippen LogP contribution in [0, 0.1) is 0 Å². The van der Waals surface area contributed by atoms with Gasteiger partial charge in [-0.05, 0) is 12.1 Å². The van der Waals surface area contributed by atoms with Crippen LogP contribution in [0.4, 0.5) is 11.4 Å². The van der Waals surface area contributed by atoms with Crippen LogP contribution in [0.2, 0.25) is 0 Å². The highest BCUT2D eigenvalue weighted by molar-refractivity contribution is 5.62. The van der Waals surface area contributed by atoms with Gasteiger partial charge < -0.3 is 17.6 Å². The van der Waals surface area contributed by atoms with Gasteiger partial charge in [0.05, 0.1) is 11.4 Å². The van der Waals surface area contributed by atoms with Gasteiger partial charge in [0, 0.05) is 0 Å². The van der Waals surface area contributed by atoms with Crippen LogP contribution in [-0.4, -0.2) is 0 Å². The van der Waals surface area contributed by atoms with E-state index in [1.54, 1.807) is 12.1 Å². The molecule has 0 saturated heterocycles. The minimum absolute atomic E-state index is 0. The first-order chi connectivity index (χ1) is 3.80. The molecule has 0 aliphatic rings. The number of hydrogen-bond donors (Lipinski definition) is 3. The maximum Gasteiger partial charge on any atom is 0.0547 e. The Kier molecular flexibility index (Phi) is 2.54. The summed E-state index contributed by atoms with van der Waals surface area (Å²) in [6.45, 7) is 0. The van der Waals surface area contributed by atoms with E-state index in [4.69, 9.17) is 11.5 Å². The highest BCUT2D eigenvalue weighted by Gasteiger charge is 1.85. The van der Waals surface area contributed by atoms with Crippen LogP contribution >= 0.6 is 0 Å². The van der Waals surface area contributed by atoms with Crippen molar-refractivity contribution in [2.75, 3.05) is 11.5 Å². The van der Waals surface area contributed by atoms with Crippen molar-refractivity contribution in [3.05, 3.63) is 24.3 Å². The quantitative estimate of drug-likeness (QED) is 0.452. The van der Waals surface area contributed by atoms with Crippen LogP contribution < -0.4 is 17.6 Å². The minimum Gasteiger partial charge on any atom is -0.397 e. The highest BCUT2D eigenvalue weighted by Crippen LogP contribution is 2.10. The second-order valence-electron chi connectivity index (χ2n) is 1.63. The van der Waals surface area contributed by atoms with Gasteiger partial charge in [0.2, 0.25) is 0 Å².